The molecule has 0 bridgehead atoms. The molecule has 4 rings (SSSR count). The highest BCUT2D eigenvalue weighted by Gasteiger charge is 2.24. The molecular weight excluding hydrogens is 366 g/mol. The summed E-state index contributed by atoms with van der Waals surface area (Å²) in [5.74, 6) is 0.562. The summed E-state index contributed by atoms with van der Waals surface area (Å²) in [6.07, 6.45) is 3.39. The summed E-state index contributed by atoms with van der Waals surface area (Å²) in [6.45, 7) is 4.02. The summed E-state index contributed by atoms with van der Waals surface area (Å²) in [4.78, 5) is 21.9. The molecule has 0 unspecified atom stereocenters. The lowest BCUT2D eigenvalue weighted by Gasteiger charge is -2.02. The van der Waals surface area contributed by atoms with Gasteiger partial charge in [-0.2, -0.15) is 0 Å². The summed E-state index contributed by atoms with van der Waals surface area (Å²) in [7, 11) is 0. The average molecular weight is 381 g/mol. The SMILES string of the molecule is Cc1ccc(C)c(N=C2NC(=O)/C(=C/c3csc(-c4ccco4)n3)S2)c1. The van der Waals surface area contributed by atoms with Gasteiger partial charge in [-0.25, -0.2) is 9.98 Å². The maximum Gasteiger partial charge on any atom is 0.264 e. The van der Waals surface area contributed by atoms with Crippen LogP contribution in [0.4, 0.5) is 5.69 Å². The standard InChI is InChI=1S/C19H15N3O2S2/c1-11-5-6-12(2)14(8-11)21-19-22-17(23)16(26-19)9-13-10-25-18(20-13)15-4-3-7-24-15/h3-10H,1-2H3,(H,21,22,23)/b16-9-. The molecule has 0 saturated carbocycles. The van der Waals surface area contributed by atoms with Gasteiger partial charge in [0, 0.05) is 5.38 Å². The van der Waals surface area contributed by atoms with Crippen LogP contribution >= 0.6 is 23.1 Å². The topological polar surface area (TPSA) is 67.5 Å². The highest BCUT2D eigenvalue weighted by molar-refractivity contribution is 8.18. The molecule has 26 heavy (non-hydrogen) atoms. The number of aromatic nitrogens is 1. The number of hydrogen-bond acceptors (Lipinski definition) is 6. The largest absolute Gasteiger partial charge is 0.462 e. The van der Waals surface area contributed by atoms with E-state index in [0.717, 1.165) is 33.3 Å². The molecule has 5 nitrogen and oxygen atoms in total. The van der Waals surface area contributed by atoms with Gasteiger partial charge in [0.05, 0.1) is 22.5 Å². The van der Waals surface area contributed by atoms with Crippen LogP contribution in [0.1, 0.15) is 16.8 Å². The van der Waals surface area contributed by atoms with E-state index in [-0.39, 0.29) is 5.91 Å². The number of thioether (sulfide) groups is 1. The van der Waals surface area contributed by atoms with Crippen LogP contribution in [0.3, 0.4) is 0 Å². The number of amidine groups is 1. The predicted molar refractivity (Wildman–Crippen MR) is 107 cm³/mol. The fourth-order valence-corrected chi connectivity index (χ4v) is 3.99. The van der Waals surface area contributed by atoms with Gasteiger partial charge in [-0.15, -0.1) is 11.3 Å². The molecule has 1 N–H and O–H groups in total. The Hall–Kier alpha value is -2.64. The zero-order valence-corrected chi connectivity index (χ0v) is 15.8. The quantitative estimate of drug-likeness (QED) is 0.655. The van der Waals surface area contributed by atoms with Crippen molar-refractivity contribution in [3.05, 3.63) is 63.7 Å². The van der Waals surface area contributed by atoms with Crippen molar-refractivity contribution in [2.24, 2.45) is 4.99 Å². The molecule has 1 aliphatic heterocycles. The van der Waals surface area contributed by atoms with Crippen LogP contribution in [0.25, 0.3) is 16.8 Å². The number of furan rings is 1. The third-order valence-corrected chi connectivity index (χ3v) is 5.56. The van der Waals surface area contributed by atoms with Crippen molar-refractivity contribution in [3.8, 4) is 10.8 Å². The first kappa shape index (κ1) is 16.8. The minimum atomic E-state index is -0.161. The number of aryl methyl sites for hydroxylation is 2. The van der Waals surface area contributed by atoms with Crippen LogP contribution in [-0.2, 0) is 4.79 Å². The number of nitrogens with one attached hydrogen (secondary N) is 1. The van der Waals surface area contributed by atoms with Gasteiger partial charge < -0.3 is 9.73 Å². The molecule has 7 heteroatoms. The van der Waals surface area contributed by atoms with E-state index in [1.165, 1.54) is 23.1 Å². The van der Waals surface area contributed by atoms with Gasteiger partial charge in [-0.1, -0.05) is 12.1 Å². The summed E-state index contributed by atoms with van der Waals surface area (Å²) in [5, 5.41) is 6.08. The van der Waals surface area contributed by atoms with E-state index in [1.807, 2.05) is 49.6 Å². The molecule has 3 heterocycles. The number of rotatable bonds is 3. The Morgan fingerprint density at radius 2 is 2.15 bits per heavy atom. The van der Waals surface area contributed by atoms with Gasteiger partial charge >= 0.3 is 0 Å². The fourth-order valence-electron chi connectivity index (χ4n) is 2.43. The van der Waals surface area contributed by atoms with Crippen LogP contribution < -0.4 is 5.32 Å². The summed E-state index contributed by atoms with van der Waals surface area (Å²) >= 11 is 2.80. The third kappa shape index (κ3) is 3.49. The third-order valence-electron chi connectivity index (χ3n) is 3.77. The van der Waals surface area contributed by atoms with E-state index in [1.54, 1.807) is 12.3 Å². The minimum absolute atomic E-state index is 0.161. The van der Waals surface area contributed by atoms with E-state index in [0.29, 0.717) is 10.1 Å². The second kappa shape index (κ2) is 6.93. The zero-order valence-electron chi connectivity index (χ0n) is 14.1. The molecule has 0 radical (unpaired) electrons. The van der Waals surface area contributed by atoms with Crippen LogP contribution in [0, 0.1) is 13.8 Å². The Morgan fingerprint density at radius 1 is 1.27 bits per heavy atom. The zero-order chi connectivity index (χ0) is 18.1. The Bertz CT molecular complexity index is 1030. The highest BCUT2D eigenvalue weighted by atomic mass is 32.2. The maximum absolute atomic E-state index is 12.2. The summed E-state index contributed by atoms with van der Waals surface area (Å²) in [5.41, 5.74) is 3.79. The number of nitrogens with zero attached hydrogens (tertiary/aromatic N) is 2. The van der Waals surface area contributed by atoms with Crippen LogP contribution in [0.2, 0.25) is 0 Å². The molecular formula is C19H15N3O2S2. The van der Waals surface area contributed by atoms with Crippen molar-refractivity contribution < 1.29 is 9.21 Å². The van der Waals surface area contributed by atoms with Crippen molar-refractivity contribution in [2.45, 2.75) is 13.8 Å². The lowest BCUT2D eigenvalue weighted by atomic mass is 10.1. The molecule has 1 saturated heterocycles. The fraction of sp³-hybridized carbons (Fsp3) is 0.105. The smallest absolute Gasteiger partial charge is 0.264 e. The highest BCUT2D eigenvalue weighted by Crippen LogP contribution is 2.31. The lowest BCUT2D eigenvalue weighted by molar-refractivity contribution is -0.115. The van der Waals surface area contributed by atoms with Gasteiger partial charge in [0.15, 0.2) is 15.9 Å². The molecule has 1 amide bonds. The molecule has 1 aliphatic rings. The van der Waals surface area contributed by atoms with E-state index in [4.69, 9.17) is 4.42 Å². The van der Waals surface area contributed by atoms with Crippen molar-refractivity contribution in [1.29, 1.82) is 0 Å². The van der Waals surface area contributed by atoms with Gasteiger partial charge in [-0.3, -0.25) is 4.79 Å². The van der Waals surface area contributed by atoms with E-state index in [9.17, 15) is 4.79 Å². The van der Waals surface area contributed by atoms with Crippen molar-refractivity contribution >= 4 is 45.9 Å². The first-order valence-corrected chi connectivity index (χ1v) is 9.64. The Morgan fingerprint density at radius 3 is 2.96 bits per heavy atom. The van der Waals surface area contributed by atoms with Crippen LogP contribution in [0.15, 0.2) is 56.3 Å². The van der Waals surface area contributed by atoms with Crippen molar-refractivity contribution in [2.75, 3.05) is 0 Å². The van der Waals surface area contributed by atoms with Gasteiger partial charge in [0.25, 0.3) is 5.91 Å². The van der Waals surface area contributed by atoms with E-state index >= 15 is 0 Å². The van der Waals surface area contributed by atoms with Crippen molar-refractivity contribution in [3.63, 3.8) is 0 Å². The molecule has 3 aromatic rings. The molecule has 0 spiro atoms. The van der Waals surface area contributed by atoms with E-state index < -0.39 is 0 Å². The number of thiazole rings is 1. The first-order valence-electron chi connectivity index (χ1n) is 7.95. The summed E-state index contributed by atoms with van der Waals surface area (Å²) in [6, 6.07) is 9.77. The number of amides is 1. The number of aliphatic imine (C=N–C) groups is 1. The van der Waals surface area contributed by atoms with Crippen LogP contribution in [0.5, 0.6) is 0 Å². The number of benzene rings is 1. The maximum atomic E-state index is 12.2. The molecule has 1 fully saturated rings. The molecule has 0 atom stereocenters. The van der Waals surface area contributed by atoms with Gasteiger partial charge in [0.1, 0.15) is 0 Å². The van der Waals surface area contributed by atoms with Gasteiger partial charge in [-0.05, 0) is 61.0 Å². The number of hydrogen-bond donors (Lipinski definition) is 1. The minimum Gasteiger partial charge on any atom is -0.462 e. The first-order chi connectivity index (χ1) is 12.6. The number of carbonyl (C=O) groups is 1. The van der Waals surface area contributed by atoms with E-state index in [2.05, 4.69) is 15.3 Å². The normalized spacial score (nSPS) is 17.2. The summed E-state index contributed by atoms with van der Waals surface area (Å²) < 4.78 is 5.35. The second-order valence-corrected chi connectivity index (χ2v) is 7.72. The Labute approximate surface area is 158 Å². The Kier molecular flexibility index (Phi) is 4.48. The molecule has 130 valence electrons. The average Bonchev–Trinajstić information content (AvgIpc) is 3.33. The predicted octanol–water partition coefficient (Wildman–Crippen LogP) is 4.91. The van der Waals surface area contributed by atoms with Crippen LogP contribution in [-0.4, -0.2) is 16.1 Å². The van der Waals surface area contributed by atoms with Crippen molar-refractivity contribution in [1.82, 2.24) is 10.3 Å². The molecule has 1 aromatic carbocycles. The Balaban J connectivity index is 1.57. The number of carbonyl (C=O) groups excluding carboxylic acids is 1. The molecule has 0 aliphatic carbocycles. The second-order valence-electron chi connectivity index (χ2n) is 5.83. The monoisotopic (exact) mass is 381 g/mol. The van der Waals surface area contributed by atoms with Gasteiger partial charge in [0.2, 0.25) is 0 Å². The lowest BCUT2D eigenvalue weighted by Crippen LogP contribution is -2.19. The molecule has 2 aromatic heterocycles.